The van der Waals surface area contributed by atoms with Crippen LogP contribution in [0.5, 0.6) is 0 Å². The Morgan fingerprint density at radius 3 is 2.32 bits per heavy atom. The van der Waals surface area contributed by atoms with Crippen molar-refractivity contribution < 1.29 is 14.3 Å². The molecule has 1 saturated heterocycles. The molecule has 2 fully saturated rings. The predicted molar refractivity (Wildman–Crippen MR) is 108 cm³/mol. The van der Waals surface area contributed by atoms with Gasteiger partial charge in [0.15, 0.2) is 0 Å². The zero-order chi connectivity index (χ0) is 19.0. The summed E-state index contributed by atoms with van der Waals surface area (Å²) in [7, 11) is 0. The number of benzene rings is 2. The number of carbonyl (C=O) groups is 1. The van der Waals surface area contributed by atoms with E-state index in [9.17, 15) is 4.79 Å². The lowest BCUT2D eigenvalue weighted by atomic mass is 9.83. The Morgan fingerprint density at radius 1 is 1.00 bits per heavy atom. The van der Waals surface area contributed by atoms with Crippen LogP contribution in [-0.2, 0) is 9.47 Å². The quantitative estimate of drug-likeness (QED) is 0.742. The summed E-state index contributed by atoms with van der Waals surface area (Å²) in [5, 5.41) is 0. The Kier molecular flexibility index (Phi) is 4.59. The highest BCUT2D eigenvalue weighted by atomic mass is 16.6. The molecule has 0 N–H and O–H groups in total. The molecule has 0 atom stereocenters. The van der Waals surface area contributed by atoms with Gasteiger partial charge in [-0.2, -0.15) is 0 Å². The summed E-state index contributed by atoms with van der Waals surface area (Å²) in [6.07, 6.45) is 5.57. The van der Waals surface area contributed by atoms with Crippen LogP contribution in [0.2, 0.25) is 0 Å². The summed E-state index contributed by atoms with van der Waals surface area (Å²) in [5.41, 5.74) is 4.88. The molecule has 1 saturated carbocycles. The topological polar surface area (TPSA) is 38.8 Å². The molecule has 2 aliphatic carbocycles. The first-order valence-corrected chi connectivity index (χ1v) is 10.5. The van der Waals surface area contributed by atoms with Gasteiger partial charge in [0.25, 0.3) is 0 Å². The molecular formula is C24H27NO3. The first-order chi connectivity index (χ1) is 13.8. The highest BCUT2D eigenvalue weighted by Crippen LogP contribution is 2.44. The highest BCUT2D eigenvalue weighted by molar-refractivity contribution is 5.79. The Bertz CT molecular complexity index is 821. The number of carbonyl (C=O) groups excluding carboxylic acids is 1. The van der Waals surface area contributed by atoms with E-state index in [1.807, 2.05) is 4.90 Å². The predicted octanol–water partition coefficient (Wildman–Crippen LogP) is 4.97. The minimum absolute atomic E-state index is 0.112. The summed E-state index contributed by atoms with van der Waals surface area (Å²) in [6.45, 7) is 2.30. The lowest BCUT2D eigenvalue weighted by Crippen LogP contribution is -2.54. The average Bonchev–Trinajstić information content (AvgIpc) is 3.06. The lowest BCUT2D eigenvalue weighted by Gasteiger charge is -2.44. The van der Waals surface area contributed by atoms with Crippen LogP contribution in [0, 0.1) is 0 Å². The number of hydrogen-bond acceptors (Lipinski definition) is 3. The molecule has 1 amide bonds. The molecule has 0 radical (unpaired) electrons. The van der Waals surface area contributed by atoms with Crippen LogP contribution in [0.3, 0.4) is 0 Å². The van der Waals surface area contributed by atoms with Crippen LogP contribution in [0.25, 0.3) is 11.1 Å². The van der Waals surface area contributed by atoms with Crippen LogP contribution in [-0.4, -0.2) is 42.9 Å². The molecule has 1 heterocycles. The van der Waals surface area contributed by atoms with Gasteiger partial charge in [-0.3, -0.25) is 0 Å². The van der Waals surface area contributed by atoms with Crippen molar-refractivity contribution in [3.8, 4) is 11.1 Å². The van der Waals surface area contributed by atoms with Gasteiger partial charge in [-0.15, -0.1) is 0 Å². The Labute approximate surface area is 166 Å². The second-order valence-electron chi connectivity index (χ2n) is 8.32. The number of fused-ring (bicyclic) bond motifs is 3. The van der Waals surface area contributed by atoms with Crippen molar-refractivity contribution in [2.24, 2.45) is 0 Å². The Balaban J connectivity index is 1.29. The van der Waals surface area contributed by atoms with Gasteiger partial charge in [0.1, 0.15) is 6.61 Å². The highest BCUT2D eigenvalue weighted by Gasteiger charge is 2.40. The molecule has 0 bridgehead atoms. The third-order valence-corrected chi connectivity index (χ3v) is 6.61. The Hall–Kier alpha value is -2.33. The van der Waals surface area contributed by atoms with Crippen LogP contribution < -0.4 is 0 Å². The van der Waals surface area contributed by atoms with Crippen molar-refractivity contribution >= 4 is 6.09 Å². The normalized spacial score (nSPS) is 20.6. The largest absolute Gasteiger partial charge is 0.448 e. The number of amides is 1. The first kappa shape index (κ1) is 17.7. The first-order valence-electron chi connectivity index (χ1n) is 10.5. The molecule has 3 aliphatic rings. The molecule has 1 aliphatic heterocycles. The molecule has 28 heavy (non-hydrogen) atoms. The fourth-order valence-corrected chi connectivity index (χ4v) is 5.18. The SMILES string of the molecule is O=C(OCC1c2ccccc2-c2ccccc21)N1CCOC2(CCCCC2)C1. The van der Waals surface area contributed by atoms with E-state index in [1.54, 1.807) is 0 Å². The molecule has 5 rings (SSSR count). The molecule has 4 nitrogen and oxygen atoms in total. The molecule has 1 spiro atoms. The van der Waals surface area contributed by atoms with E-state index >= 15 is 0 Å². The molecule has 4 heteroatoms. The summed E-state index contributed by atoms with van der Waals surface area (Å²) in [5.74, 6) is 0.112. The molecule has 2 aromatic rings. The number of nitrogens with zero attached hydrogens (tertiary/aromatic N) is 1. The zero-order valence-corrected chi connectivity index (χ0v) is 16.2. The lowest BCUT2D eigenvalue weighted by molar-refractivity contribution is -0.121. The van der Waals surface area contributed by atoms with Crippen molar-refractivity contribution in [2.75, 3.05) is 26.3 Å². The third kappa shape index (κ3) is 3.10. The van der Waals surface area contributed by atoms with Crippen LogP contribution in [0.15, 0.2) is 48.5 Å². The molecular weight excluding hydrogens is 350 g/mol. The fraction of sp³-hybridized carbons (Fsp3) is 0.458. The molecule has 0 unspecified atom stereocenters. The summed E-state index contributed by atoms with van der Waals surface area (Å²) in [6, 6.07) is 16.9. The van der Waals surface area contributed by atoms with Gasteiger partial charge in [0, 0.05) is 12.5 Å². The van der Waals surface area contributed by atoms with Gasteiger partial charge in [-0.05, 0) is 35.1 Å². The second-order valence-corrected chi connectivity index (χ2v) is 8.32. The summed E-state index contributed by atoms with van der Waals surface area (Å²) >= 11 is 0. The second kappa shape index (κ2) is 7.25. The molecule has 2 aromatic carbocycles. The monoisotopic (exact) mass is 377 g/mol. The van der Waals surface area contributed by atoms with E-state index < -0.39 is 0 Å². The van der Waals surface area contributed by atoms with Crippen molar-refractivity contribution in [3.63, 3.8) is 0 Å². The van der Waals surface area contributed by atoms with Gasteiger partial charge >= 0.3 is 6.09 Å². The van der Waals surface area contributed by atoms with Crippen molar-refractivity contribution in [1.29, 1.82) is 0 Å². The average molecular weight is 377 g/mol. The maximum atomic E-state index is 12.9. The number of rotatable bonds is 2. The minimum Gasteiger partial charge on any atom is -0.448 e. The van der Waals surface area contributed by atoms with E-state index in [0.717, 1.165) is 12.8 Å². The van der Waals surface area contributed by atoms with Gasteiger partial charge in [0.05, 0.1) is 18.8 Å². The van der Waals surface area contributed by atoms with E-state index in [1.165, 1.54) is 41.5 Å². The van der Waals surface area contributed by atoms with Crippen LogP contribution >= 0.6 is 0 Å². The maximum Gasteiger partial charge on any atom is 0.409 e. The van der Waals surface area contributed by atoms with Crippen LogP contribution in [0.1, 0.15) is 49.1 Å². The smallest absolute Gasteiger partial charge is 0.409 e. The third-order valence-electron chi connectivity index (χ3n) is 6.61. The van der Waals surface area contributed by atoms with E-state index in [4.69, 9.17) is 9.47 Å². The maximum absolute atomic E-state index is 12.9. The standard InChI is InChI=1S/C24H27NO3/c26-23(25-14-15-28-24(17-25)12-6-1-7-13-24)27-16-22-20-10-4-2-8-18(20)19-9-3-5-11-21(19)22/h2-5,8-11,22H,1,6-7,12-17H2. The van der Waals surface area contributed by atoms with E-state index in [2.05, 4.69) is 48.5 Å². The summed E-state index contributed by atoms with van der Waals surface area (Å²) < 4.78 is 12.0. The number of hydrogen-bond donors (Lipinski definition) is 0. The van der Waals surface area contributed by atoms with Crippen molar-refractivity contribution in [1.82, 2.24) is 4.90 Å². The number of morpholine rings is 1. The van der Waals surface area contributed by atoms with Crippen molar-refractivity contribution in [2.45, 2.75) is 43.6 Å². The van der Waals surface area contributed by atoms with Gasteiger partial charge < -0.3 is 14.4 Å². The molecule has 0 aromatic heterocycles. The van der Waals surface area contributed by atoms with Crippen molar-refractivity contribution in [3.05, 3.63) is 59.7 Å². The van der Waals surface area contributed by atoms with Gasteiger partial charge in [-0.25, -0.2) is 4.79 Å². The molecule has 146 valence electrons. The zero-order valence-electron chi connectivity index (χ0n) is 16.2. The fourth-order valence-electron chi connectivity index (χ4n) is 5.18. The Morgan fingerprint density at radius 2 is 1.64 bits per heavy atom. The number of ether oxygens (including phenoxy) is 2. The van der Waals surface area contributed by atoms with Gasteiger partial charge in [0.2, 0.25) is 0 Å². The minimum atomic E-state index is -0.199. The summed E-state index contributed by atoms with van der Waals surface area (Å²) in [4.78, 5) is 14.7. The van der Waals surface area contributed by atoms with Crippen LogP contribution in [0.4, 0.5) is 4.79 Å². The van der Waals surface area contributed by atoms with E-state index in [-0.39, 0.29) is 17.6 Å². The van der Waals surface area contributed by atoms with Gasteiger partial charge in [-0.1, -0.05) is 67.8 Å². The van der Waals surface area contributed by atoms with E-state index in [0.29, 0.717) is 26.3 Å².